The summed E-state index contributed by atoms with van der Waals surface area (Å²) in [5.74, 6) is 1.52. The van der Waals surface area contributed by atoms with E-state index >= 15 is 0 Å². The molecule has 8 heteroatoms. The highest BCUT2D eigenvalue weighted by atomic mass is 32.2. The molecule has 5 rings (SSSR count). The third-order valence-corrected chi connectivity index (χ3v) is 6.62. The summed E-state index contributed by atoms with van der Waals surface area (Å²) >= 11 is 1.28. The molecular weight excluding hydrogens is 424 g/mol. The first-order chi connectivity index (χ1) is 15.7. The molecule has 0 aliphatic carbocycles. The minimum absolute atomic E-state index is 0.0963. The van der Waals surface area contributed by atoms with Crippen molar-refractivity contribution in [1.82, 2.24) is 20.0 Å². The Balaban J connectivity index is 1.12. The van der Waals surface area contributed by atoms with Gasteiger partial charge < -0.3 is 13.7 Å². The van der Waals surface area contributed by atoms with Crippen LogP contribution in [0, 0.1) is 6.92 Å². The summed E-state index contributed by atoms with van der Waals surface area (Å²) in [5.41, 5.74) is 2.11. The van der Waals surface area contributed by atoms with E-state index < -0.39 is 0 Å². The van der Waals surface area contributed by atoms with Crippen LogP contribution in [0.15, 0.2) is 68.9 Å². The maximum Gasteiger partial charge on any atom is 0.277 e. The number of amides is 1. The van der Waals surface area contributed by atoms with Crippen molar-refractivity contribution in [3.63, 3.8) is 0 Å². The molecule has 0 atom stereocenters. The van der Waals surface area contributed by atoms with Gasteiger partial charge in [-0.25, -0.2) is 0 Å². The minimum Gasteiger partial charge on any atom is -0.469 e. The van der Waals surface area contributed by atoms with Crippen LogP contribution in [-0.4, -0.2) is 57.8 Å². The number of fused-ring (bicyclic) bond motifs is 1. The molecule has 7 nitrogen and oxygen atoms in total. The predicted molar refractivity (Wildman–Crippen MR) is 123 cm³/mol. The van der Waals surface area contributed by atoms with Gasteiger partial charge in [0.15, 0.2) is 0 Å². The van der Waals surface area contributed by atoms with Gasteiger partial charge in [-0.3, -0.25) is 9.69 Å². The van der Waals surface area contributed by atoms with E-state index in [0.717, 1.165) is 44.0 Å². The highest BCUT2D eigenvalue weighted by Crippen LogP contribution is 2.26. The number of thioether (sulfide) groups is 1. The van der Waals surface area contributed by atoms with Crippen LogP contribution in [0.1, 0.15) is 11.3 Å². The molecule has 1 fully saturated rings. The summed E-state index contributed by atoms with van der Waals surface area (Å²) in [6.07, 6.45) is 1.59. The zero-order chi connectivity index (χ0) is 21.9. The lowest BCUT2D eigenvalue weighted by Crippen LogP contribution is -2.48. The Kier molecular flexibility index (Phi) is 5.96. The Morgan fingerprint density at radius 2 is 1.84 bits per heavy atom. The van der Waals surface area contributed by atoms with Crippen LogP contribution in [-0.2, 0) is 11.3 Å². The summed E-state index contributed by atoms with van der Waals surface area (Å²) in [6.45, 7) is 5.93. The summed E-state index contributed by atoms with van der Waals surface area (Å²) in [5, 5.41) is 11.1. The first kappa shape index (κ1) is 20.8. The van der Waals surface area contributed by atoms with E-state index in [2.05, 4.69) is 57.6 Å². The lowest BCUT2D eigenvalue weighted by molar-refractivity contribution is -0.130. The van der Waals surface area contributed by atoms with Crippen molar-refractivity contribution in [3.8, 4) is 11.5 Å². The first-order valence-electron chi connectivity index (χ1n) is 10.6. The number of piperazine rings is 1. The SMILES string of the molecule is Cc1occc1-c1nnc(SCC(=O)N2CCN(Cc3cccc4ccccc34)CC2)o1. The van der Waals surface area contributed by atoms with Crippen LogP contribution >= 0.6 is 11.8 Å². The Morgan fingerprint density at radius 3 is 2.66 bits per heavy atom. The molecule has 2 aromatic carbocycles. The van der Waals surface area contributed by atoms with Gasteiger partial charge in [0.05, 0.1) is 17.6 Å². The smallest absolute Gasteiger partial charge is 0.277 e. The van der Waals surface area contributed by atoms with E-state index in [-0.39, 0.29) is 11.7 Å². The van der Waals surface area contributed by atoms with Crippen molar-refractivity contribution in [1.29, 1.82) is 0 Å². The largest absolute Gasteiger partial charge is 0.469 e. The number of furan rings is 1. The maximum absolute atomic E-state index is 12.7. The predicted octanol–water partition coefficient (Wildman–Crippen LogP) is 4.23. The quantitative estimate of drug-likeness (QED) is 0.409. The fourth-order valence-electron chi connectivity index (χ4n) is 4.03. The molecule has 3 heterocycles. The molecule has 1 saturated heterocycles. The monoisotopic (exact) mass is 448 g/mol. The second-order valence-electron chi connectivity index (χ2n) is 7.85. The van der Waals surface area contributed by atoms with Crippen LogP contribution in [0.3, 0.4) is 0 Å². The number of aromatic nitrogens is 2. The molecule has 0 N–H and O–H groups in total. The van der Waals surface area contributed by atoms with Gasteiger partial charge in [0, 0.05) is 32.7 Å². The van der Waals surface area contributed by atoms with Crippen LogP contribution in [0.4, 0.5) is 0 Å². The standard InChI is InChI=1S/C24H24N4O3S/c1-17-20(9-14-30-17)23-25-26-24(31-23)32-16-22(29)28-12-10-27(11-13-28)15-19-7-4-6-18-5-2-3-8-21(18)19/h2-9,14H,10-13,15-16H2,1H3. The van der Waals surface area contributed by atoms with Crippen molar-refractivity contribution < 1.29 is 13.6 Å². The van der Waals surface area contributed by atoms with E-state index in [1.165, 1.54) is 28.1 Å². The Bertz CT molecular complexity index is 1220. The normalized spacial score (nSPS) is 14.8. The molecule has 1 aliphatic rings. The van der Waals surface area contributed by atoms with Crippen molar-refractivity contribution in [2.45, 2.75) is 18.7 Å². The molecule has 0 radical (unpaired) electrons. The van der Waals surface area contributed by atoms with Crippen LogP contribution < -0.4 is 0 Å². The van der Waals surface area contributed by atoms with Gasteiger partial charge in [-0.2, -0.15) is 0 Å². The summed E-state index contributed by atoms with van der Waals surface area (Å²) in [6, 6.07) is 16.7. The molecule has 2 aromatic heterocycles. The number of carbonyl (C=O) groups is 1. The molecule has 1 amide bonds. The first-order valence-corrected chi connectivity index (χ1v) is 11.6. The van der Waals surface area contributed by atoms with E-state index in [1.54, 1.807) is 12.3 Å². The van der Waals surface area contributed by atoms with Gasteiger partial charge in [-0.15, -0.1) is 10.2 Å². The third-order valence-electron chi connectivity index (χ3n) is 5.81. The van der Waals surface area contributed by atoms with Gasteiger partial charge in [-0.05, 0) is 29.3 Å². The lowest BCUT2D eigenvalue weighted by Gasteiger charge is -2.34. The summed E-state index contributed by atoms with van der Waals surface area (Å²) in [7, 11) is 0. The minimum atomic E-state index is 0.0963. The Morgan fingerprint density at radius 1 is 1.03 bits per heavy atom. The van der Waals surface area contributed by atoms with Gasteiger partial charge in [0.1, 0.15) is 5.76 Å². The van der Waals surface area contributed by atoms with Crippen molar-refractivity contribution in [2.75, 3.05) is 31.9 Å². The number of aryl methyl sites for hydroxylation is 1. The number of hydrogen-bond acceptors (Lipinski definition) is 7. The fraction of sp³-hybridized carbons (Fsp3) is 0.292. The average molecular weight is 449 g/mol. The molecule has 4 aromatic rings. The van der Waals surface area contributed by atoms with E-state index in [4.69, 9.17) is 8.83 Å². The number of hydrogen-bond donors (Lipinski definition) is 0. The zero-order valence-electron chi connectivity index (χ0n) is 17.9. The molecule has 32 heavy (non-hydrogen) atoms. The van der Waals surface area contributed by atoms with Crippen LogP contribution in [0.5, 0.6) is 0 Å². The lowest BCUT2D eigenvalue weighted by atomic mass is 10.0. The highest BCUT2D eigenvalue weighted by molar-refractivity contribution is 7.99. The van der Waals surface area contributed by atoms with Crippen molar-refractivity contribution >= 4 is 28.4 Å². The summed E-state index contributed by atoms with van der Waals surface area (Å²) < 4.78 is 10.9. The van der Waals surface area contributed by atoms with Crippen LogP contribution in [0.25, 0.3) is 22.2 Å². The van der Waals surface area contributed by atoms with Crippen molar-refractivity contribution in [3.05, 3.63) is 66.1 Å². The van der Waals surface area contributed by atoms with E-state index in [1.807, 2.05) is 11.8 Å². The van der Waals surface area contributed by atoms with Gasteiger partial charge in [0.25, 0.3) is 11.1 Å². The molecule has 0 spiro atoms. The fourth-order valence-corrected chi connectivity index (χ4v) is 4.69. The van der Waals surface area contributed by atoms with E-state index in [9.17, 15) is 4.79 Å². The van der Waals surface area contributed by atoms with Gasteiger partial charge in [0.2, 0.25) is 5.91 Å². The van der Waals surface area contributed by atoms with E-state index in [0.29, 0.717) is 11.1 Å². The maximum atomic E-state index is 12.7. The second kappa shape index (κ2) is 9.18. The van der Waals surface area contributed by atoms with Gasteiger partial charge in [-0.1, -0.05) is 54.2 Å². The topological polar surface area (TPSA) is 75.6 Å². The highest BCUT2D eigenvalue weighted by Gasteiger charge is 2.22. The molecule has 1 aliphatic heterocycles. The molecular formula is C24H24N4O3S. The number of carbonyl (C=O) groups excluding carboxylic acids is 1. The molecule has 0 bridgehead atoms. The Labute approximate surface area is 190 Å². The van der Waals surface area contributed by atoms with Crippen molar-refractivity contribution in [2.24, 2.45) is 0 Å². The molecule has 0 saturated carbocycles. The Hall–Kier alpha value is -3.10. The number of benzene rings is 2. The number of nitrogens with zero attached hydrogens (tertiary/aromatic N) is 4. The zero-order valence-corrected chi connectivity index (χ0v) is 18.7. The van der Waals surface area contributed by atoms with Gasteiger partial charge >= 0.3 is 0 Å². The summed E-state index contributed by atoms with van der Waals surface area (Å²) in [4.78, 5) is 17.0. The average Bonchev–Trinajstić information content (AvgIpc) is 3.47. The second-order valence-corrected chi connectivity index (χ2v) is 8.77. The van der Waals surface area contributed by atoms with Crippen LogP contribution in [0.2, 0.25) is 0 Å². The number of rotatable bonds is 6. The molecule has 164 valence electrons. The third kappa shape index (κ3) is 4.42. The molecule has 0 unspecified atom stereocenters.